The maximum Gasteiger partial charge on any atom is 0.00777 e. The van der Waals surface area contributed by atoms with Crippen LogP contribution < -0.4 is 5.32 Å². The van der Waals surface area contributed by atoms with E-state index < -0.39 is 0 Å². The normalized spacial score (nSPS) is 19.6. The summed E-state index contributed by atoms with van der Waals surface area (Å²) >= 11 is 0. The van der Waals surface area contributed by atoms with E-state index in [0.29, 0.717) is 5.41 Å². The van der Waals surface area contributed by atoms with E-state index in [1.165, 1.54) is 37.7 Å². The maximum absolute atomic E-state index is 3.40. The number of hydrogen-bond donors (Lipinski definition) is 1. The van der Waals surface area contributed by atoms with Crippen LogP contribution in [0.3, 0.4) is 0 Å². The Morgan fingerprint density at radius 3 is 2.56 bits per heavy atom. The van der Waals surface area contributed by atoms with Gasteiger partial charge >= 0.3 is 0 Å². The summed E-state index contributed by atoms with van der Waals surface area (Å²) in [6.45, 7) is 3.32. The average molecular weight is 217 g/mol. The number of likely N-dealkylation sites (N-methyl/N-ethyl adjacent to an activating group) is 1. The first-order chi connectivity index (χ1) is 7.77. The van der Waals surface area contributed by atoms with Crippen LogP contribution in [0.25, 0.3) is 0 Å². The summed E-state index contributed by atoms with van der Waals surface area (Å²) in [6.07, 6.45) is 6.87. The molecular weight excluding hydrogens is 194 g/mol. The quantitative estimate of drug-likeness (QED) is 0.818. The van der Waals surface area contributed by atoms with Crippen LogP contribution in [0.1, 0.15) is 43.2 Å². The first-order valence-electron chi connectivity index (χ1n) is 6.49. The molecule has 1 N–H and O–H groups in total. The number of hydrogen-bond acceptors (Lipinski definition) is 1. The standard InChI is InChI=1S/C15H23N/c1-13-7-6-8-14(11-13)15(12-16-2)9-4-3-5-10-15/h6-8,11,16H,3-5,9-10,12H2,1-2H3. The monoisotopic (exact) mass is 217 g/mol. The van der Waals surface area contributed by atoms with Crippen LogP contribution >= 0.6 is 0 Å². The molecule has 1 aliphatic carbocycles. The Kier molecular flexibility index (Phi) is 3.65. The summed E-state index contributed by atoms with van der Waals surface area (Å²) < 4.78 is 0. The molecule has 2 rings (SSSR count). The lowest BCUT2D eigenvalue weighted by Gasteiger charge is -2.38. The van der Waals surface area contributed by atoms with E-state index in [1.807, 2.05) is 0 Å². The number of benzene rings is 1. The number of aryl methyl sites for hydroxylation is 1. The molecule has 0 unspecified atom stereocenters. The third-order valence-corrected chi connectivity index (χ3v) is 3.96. The van der Waals surface area contributed by atoms with Gasteiger partial charge in [0.1, 0.15) is 0 Å². The van der Waals surface area contributed by atoms with Crippen molar-refractivity contribution in [2.45, 2.75) is 44.4 Å². The van der Waals surface area contributed by atoms with Crippen molar-refractivity contribution in [1.29, 1.82) is 0 Å². The van der Waals surface area contributed by atoms with Crippen molar-refractivity contribution < 1.29 is 0 Å². The summed E-state index contributed by atoms with van der Waals surface area (Å²) in [4.78, 5) is 0. The smallest absolute Gasteiger partial charge is 0.00777 e. The van der Waals surface area contributed by atoms with Crippen LogP contribution in [-0.2, 0) is 5.41 Å². The van der Waals surface area contributed by atoms with Gasteiger partial charge in [-0.2, -0.15) is 0 Å². The van der Waals surface area contributed by atoms with Gasteiger partial charge in [-0.15, -0.1) is 0 Å². The van der Waals surface area contributed by atoms with Gasteiger partial charge in [0, 0.05) is 12.0 Å². The fourth-order valence-electron chi connectivity index (χ4n) is 3.11. The topological polar surface area (TPSA) is 12.0 Å². The highest BCUT2D eigenvalue weighted by Gasteiger charge is 2.32. The van der Waals surface area contributed by atoms with Gasteiger partial charge in [-0.25, -0.2) is 0 Å². The molecule has 0 aromatic heterocycles. The van der Waals surface area contributed by atoms with Crippen molar-refractivity contribution in [2.24, 2.45) is 0 Å². The molecule has 88 valence electrons. The fourth-order valence-corrected chi connectivity index (χ4v) is 3.11. The first-order valence-corrected chi connectivity index (χ1v) is 6.49. The molecule has 0 radical (unpaired) electrons. The summed E-state index contributed by atoms with van der Waals surface area (Å²) in [5.74, 6) is 0. The molecule has 1 saturated carbocycles. The first kappa shape index (κ1) is 11.7. The molecule has 1 aliphatic rings. The summed E-state index contributed by atoms with van der Waals surface area (Å²) in [7, 11) is 2.08. The van der Waals surface area contributed by atoms with Crippen molar-refractivity contribution in [3.63, 3.8) is 0 Å². The molecule has 0 bridgehead atoms. The van der Waals surface area contributed by atoms with Crippen molar-refractivity contribution in [2.75, 3.05) is 13.6 Å². The van der Waals surface area contributed by atoms with Gasteiger partial charge in [-0.1, -0.05) is 49.1 Å². The minimum absolute atomic E-state index is 0.402. The highest BCUT2D eigenvalue weighted by Crippen LogP contribution is 2.39. The summed E-state index contributed by atoms with van der Waals surface area (Å²) in [5, 5.41) is 3.40. The van der Waals surface area contributed by atoms with Crippen molar-refractivity contribution >= 4 is 0 Å². The molecule has 0 spiro atoms. The molecule has 16 heavy (non-hydrogen) atoms. The number of nitrogens with one attached hydrogen (secondary N) is 1. The third kappa shape index (κ3) is 2.30. The van der Waals surface area contributed by atoms with Crippen LogP contribution in [0.2, 0.25) is 0 Å². The van der Waals surface area contributed by atoms with Gasteiger partial charge in [0.2, 0.25) is 0 Å². The SMILES string of the molecule is CNCC1(c2cccc(C)c2)CCCCC1. The highest BCUT2D eigenvalue weighted by molar-refractivity contribution is 5.30. The Bertz CT molecular complexity index is 332. The Labute approximate surface area is 99.3 Å². The molecule has 0 atom stereocenters. The Balaban J connectivity index is 2.30. The maximum atomic E-state index is 3.40. The van der Waals surface area contributed by atoms with Crippen LogP contribution in [0.4, 0.5) is 0 Å². The molecule has 1 aromatic rings. The summed E-state index contributed by atoms with van der Waals surface area (Å²) in [6, 6.07) is 9.09. The number of rotatable bonds is 3. The zero-order valence-electron chi connectivity index (χ0n) is 10.6. The molecule has 1 aromatic carbocycles. The van der Waals surface area contributed by atoms with E-state index >= 15 is 0 Å². The molecule has 0 saturated heterocycles. The van der Waals surface area contributed by atoms with Crippen LogP contribution in [0.5, 0.6) is 0 Å². The lowest BCUT2D eigenvalue weighted by molar-refractivity contribution is 0.286. The van der Waals surface area contributed by atoms with Crippen LogP contribution in [-0.4, -0.2) is 13.6 Å². The second kappa shape index (κ2) is 5.01. The Morgan fingerprint density at radius 1 is 1.19 bits per heavy atom. The van der Waals surface area contributed by atoms with Crippen molar-refractivity contribution in [1.82, 2.24) is 5.32 Å². The van der Waals surface area contributed by atoms with E-state index in [2.05, 4.69) is 43.6 Å². The van der Waals surface area contributed by atoms with Gasteiger partial charge in [0.05, 0.1) is 0 Å². The lowest BCUT2D eigenvalue weighted by Crippen LogP contribution is -2.38. The second-order valence-corrected chi connectivity index (χ2v) is 5.24. The third-order valence-electron chi connectivity index (χ3n) is 3.96. The van der Waals surface area contributed by atoms with Gasteiger partial charge in [-0.05, 0) is 32.4 Å². The van der Waals surface area contributed by atoms with Gasteiger partial charge in [-0.3, -0.25) is 0 Å². The molecule has 0 heterocycles. The van der Waals surface area contributed by atoms with Gasteiger partial charge in [0.25, 0.3) is 0 Å². The minimum atomic E-state index is 0.402. The van der Waals surface area contributed by atoms with E-state index in [4.69, 9.17) is 0 Å². The molecule has 1 nitrogen and oxygen atoms in total. The Morgan fingerprint density at radius 2 is 1.94 bits per heavy atom. The lowest BCUT2D eigenvalue weighted by atomic mass is 9.69. The van der Waals surface area contributed by atoms with E-state index in [-0.39, 0.29) is 0 Å². The minimum Gasteiger partial charge on any atom is -0.319 e. The molecule has 1 fully saturated rings. The van der Waals surface area contributed by atoms with Gasteiger partial charge in [0.15, 0.2) is 0 Å². The molecule has 1 heteroatoms. The van der Waals surface area contributed by atoms with E-state index in [9.17, 15) is 0 Å². The predicted octanol–water partition coefficient (Wildman–Crippen LogP) is 3.42. The van der Waals surface area contributed by atoms with Crippen molar-refractivity contribution in [3.8, 4) is 0 Å². The van der Waals surface area contributed by atoms with Gasteiger partial charge < -0.3 is 5.32 Å². The largest absolute Gasteiger partial charge is 0.319 e. The zero-order valence-corrected chi connectivity index (χ0v) is 10.6. The fraction of sp³-hybridized carbons (Fsp3) is 0.600. The molecule has 0 aliphatic heterocycles. The summed E-state index contributed by atoms with van der Waals surface area (Å²) in [5.41, 5.74) is 3.33. The van der Waals surface area contributed by atoms with Crippen molar-refractivity contribution in [3.05, 3.63) is 35.4 Å². The highest BCUT2D eigenvalue weighted by atomic mass is 14.8. The average Bonchev–Trinajstić information content (AvgIpc) is 2.31. The predicted molar refractivity (Wildman–Crippen MR) is 69.9 cm³/mol. The molecule has 0 amide bonds. The van der Waals surface area contributed by atoms with Crippen LogP contribution in [0.15, 0.2) is 24.3 Å². The second-order valence-electron chi connectivity index (χ2n) is 5.24. The van der Waals surface area contributed by atoms with E-state index in [0.717, 1.165) is 6.54 Å². The van der Waals surface area contributed by atoms with Crippen LogP contribution in [0, 0.1) is 6.92 Å². The zero-order chi connectivity index (χ0) is 11.4. The van der Waals surface area contributed by atoms with E-state index in [1.54, 1.807) is 5.56 Å². The Hall–Kier alpha value is -0.820. The molecular formula is C15H23N.